The van der Waals surface area contributed by atoms with Crippen molar-refractivity contribution in [2.45, 2.75) is 6.04 Å². The van der Waals surface area contributed by atoms with E-state index in [0.29, 0.717) is 21.7 Å². The molecule has 0 saturated carbocycles. The van der Waals surface area contributed by atoms with Crippen molar-refractivity contribution in [1.29, 1.82) is 0 Å². The number of rotatable bonds is 4. The quantitative estimate of drug-likeness (QED) is 0.576. The van der Waals surface area contributed by atoms with Gasteiger partial charge in [0.1, 0.15) is 11.4 Å². The molecule has 4 rings (SSSR count). The van der Waals surface area contributed by atoms with E-state index in [1.165, 1.54) is 18.4 Å². The zero-order valence-electron chi connectivity index (χ0n) is 14.7. The van der Waals surface area contributed by atoms with E-state index in [4.69, 9.17) is 23.2 Å². The SMILES string of the molecule is O=c1[nH]c(C=C2C=Nc3c2ccc(Cl)c3F)c(O)n1C(CO)c1ccc(Cl)cc1. The number of hydrogen-bond acceptors (Lipinski definition) is 4. The van der Waals surface area contributed by atoms with Crippen LogP contribution in [0.25, 0.3) is 11.6 Å². The van der Waals surface area contributed by atoms with Crippen LogP contribution in [0.2, 0.25) is 10.0 Å². The Morgan fingerprint density at radius 2 is 1.93 bits per heavy atom. The summed E-state index contributed by atoms with van der Waals surface area (Å²) in [5, 5.41) is 20.9. The minimum atomic E-state index is -0.816. The first-order chi connectivity index (χ1) is 13.9. The zero-order valence-corrected chi connectivity index (χ0v) is 16.2. The van der Waals surface area contributed by atoms with Crippen LogP contribution < -0.4 is 5.69 Å². The first-order valence-corrected chi connectivity index (χ1v) is 9.30. The van der Waals surface area contributed by atoms with Crippen LogP contribution in [0.3, 0.4) is 0 Å². The second-order valence-electron chi connectivity index (χ2n) is 6.40. The lowest BCUT2D eigenvalue weighted by molar-refractivity contribution is 0.237. The molecule has 0 amide bonds. The lowest BCUT2D eigenvalue weighted by Gasteiger charge is -2.16. The van der Waals surface area contributed by atoms with Crippen LogP contribution >= 0.6 is 23.2 Å². The minimum absolute atomic E-state index is 0.0432. The van der Waals surface area contributed by atoms with Gasteiger partial charge in [-0.1, -0.05) is 41.4 Å². The molecule has 3 N–H and O–H groups in total. The molecule has 9 heteroatoms. The number of nitrogens with zero attached hydrogens (tertiary/aromatic N) is 2. The molecule has 2 aromatic carbocycles. The van der Waals surface area contributed by atoms with Gasteiger partial charge in [0.2, 0.25) is 5.88 Å². The molecule has 3 aromatic rings. The molecular weight excluding hydrogens is 420 g/mol. The largest absolute Gasteiger partial charge is 0.493 e. The fraction of sp³-hybridized carbons (Fsp3) is 0.100. The summed E-state index contributed by atoms with van der Waals surface area (Å²) in [6.07, 6.45) is 2.90. The standard InChI is InChI=1S/C20H14Cl2FN3O3/c21-12-3-1-10(2-4-12)16(9-27)26-19(28)15(25-20(26)29)7-11-8-24-18-13(11)5-6-14(22)17(18)23/h1-8,16,27-28H,9H2,(H,25,29). The molecule has 2 heterocycles. The number of fused-ring (bicyclic) bond motifs is 1. The van der Waals surface area contributed by atoms with Gasteiger partial charge in [-0.2, -0.15) is 0 Å². The Labute approximate surface area is 174 Å². The van der Waals surface area contributed by atoms with E-state index < -0.39 is 24.2 Å². The Bertz CT molecular complexity index is 1210. The maximum atomic E-state index is 14.1. The molecule has 0 radical (unpaired) electrons. The van der Waals surface area contributed by atoms with Crippen molar-refractivity contribution >= 4 is 46.8 Å². The molecule has 0 saturated heterocycles. The first-order valence-electron chi connectivity index (χ1n) is 8.54. The van der Waals surface area contributed by atoms with Crippen LogP contribution in [-0.4, -0.2) is 32.6 Å². The Kier molecular flexibility index (Phi) is 5.04. The lowest BCUT2D eigenvalue weighted by atomic mass is 10.1. The number of aromatic hydroxyl groups is 1. The van der Waals surface area contributed by atoms with Crippen molar-refractivity contribution in [2.24, 2.45) is 4.99 Å². The van der Waals surface area contributed by atoms with Crippen LogP contribution in [0.1, 0.15) is 22.9 Å². The van der Waals surface area contributed by atoms with Crippen molar-refractivity contribution < 1.29 is 14.6 Å². The number of aliphatic hydroxyl groups excluding tert-OH is 1. The monoisotopic (exact) mass is 433 g/mol. The molecule has 148 valence electrons. The summed E-state index contributed by atoms with van der Waals surface area (Å²) < 4.78 is 15.2. The predicted octanol–water partition coefficient (Wildman–Crippen LogP) is 4.17. The highest BCUT2D eigenvalue weighted by molar-refractivity contribution is 6.32. The number of aliphatic hydroxyl groups is 1. The first kappa shape index (κ1) is 19.4. The van der Waals surface area contributed by atoms with E-state index in [-0.39, 0.29) is 22.3 Å². The molecule has 6 nitrogen and oxygen atoms in total. The highest BCUT2D eigenvalue weighted by atomic mass is 35.5. The van der Waals surface area contributed by atoms with Crippen LogP contribution in [0.4, 0.5) is 10.1 Å². The summed E-state index contributed by atoms with van der Waals surface area (Å²) in [6, 6.07) is 8.78. The maximum Gasteiger partial charge on any atom is 0.329 e. The summed E-state index contributed by atoms with van der Waals surface area (Å²) in [5.74, 6) is -1.00. The number of aliphatic imine (C=N–C) groups is 1. The van der Waals surface area contributed by atoms with Gasteiger partial charge in [0.25, 0.3) is 0 Å². The summed E-state index contributed by atoms with van der Waals surface area (Å²) in [6.45, 7) is -0.420. The number of halogens is 3. The average Bonchev–Trinajstić information content (AvgIpc) is 3.23. The molecule has 0 fully saturated rings. The molecule has 29 heavy (non-hydrogen) atoms. The fourth-order valence-corrected chi connectivity index (χ4v) is 3.52. The number of allylic oxidation sites excluding steroid dienone is 1. The average molecular weight is 434 g/mol. The van der Waals surface area contributed by atoms with Gasteiger partial charge in [-0.05, 0) is 29.8 Å². The van der Waals surface area contributed by atoms with Crippen LogP contribution in [-0.2, 0) is 0 Å². The summed E-state index contributed by atoms with van der Waals surface area (Å²) >= 11 is 11.7. The predicted molar refractivity (Wildman–Crippen MR) is 111 cm³/mol. The van der Waals surface area contributed by atoms with Crippen molar-refractivity contribution in [2.75, 3.05) is 6.61 Å². The van der Waals surface area contributed by atoms with E-state index in [2.05, 4.69) is 9.98 Å². The van der Waals surface area contributed by atoms with E-state index in [9.17, 15) is 19.4 Å². The zero-order chi connectivity index (χ0) is 20.7. The summed E-state index contributed by atoms with van der Waals surface area (Å²) in [4.78, 5) is 19.1. The van der Waals surface area contributed by atoms with Gasteiger partial charge in [-0.3, -0.25) is 9.56 Å². The number of H-pyrrole nitrogens is 1. The molecule has 1 unspecified atom stereocenters. The van der Waals surface area contributed by atoms with E-state index in [0.717, 1.165) is 4.57 Å². The van der Waals surface area contributed by atoms with Crippen LogP contribution in [0.15, 0.2) is 46.2 Å². The van der Waals surface area contributed by atoms with Crippen LogP contribution in [0, 0.1) is 5.82 Å². The second kappa shape index (κ2) is 7.51. The Morgan fingerprint density at radius 3 is 2.62 bits per heavy atom. The molecule has 1 aliphatic heterocycles. The van der Waals surface area contributed by atoms with E-state index in [1.807, 2.05) is 0 Å². The number of nitrogens with one attached hydrogen (secondary N) is 1. The number of aromatic nitrogens is 2. The molecule has 1 aliphatic rings. The third-order valence-corrected chi connectivity index (χ3v) is 5.23. The van der Waals surface area contributed by atoms with Gasteiger partial charge >= 0.3 is 5.69 Å². The Balaban J connectivity index is 1.77. The highest BCUT2D eigenvalue weighted by Gasteiger charge is 2.23. The number of imidazole rings is 1. The highest BCUT2D eigenvalue weighted by Crippen LogP contribution is 2.38. The van der Waals surface area contributed by atoms with Crippen molar-refractivity contribution in [3.05, 3.63) is 79.6 Å². The van der Waals surface area contributed by atoms with Gasteiger partial charge in [0, 0.05) is 22.4 Å². The number of benzene rings is 2. The molecule has 0 spiro atoms. The van der Waals surface area contributed by atoms with Gasteiger partial charge in [-0.25, -0.2) is 9.18 Å². The molecule has 0 aliphatic carbocycles. The topological polar surface area (TPSA) is 90.6 Å². The smallest absolute Gasteiger partial charge is 0.329 e. The molecule has 0 bridgehead atoms. The second-order valence-corrected chi connectivity index (χ2v) is 7.25. The van der Waals surface area contributed by atoms with Gasteiger partial charge < -0.3 is 15.2 Å². The number of hydrogen-bond donors (Lipinski definition) is 3. The molecule has 1 aromatic heterocycles. The van der Waals surface area contributed by atoms with Crippen molar-refractivity contribution in [3.63, 3.8) is 0 Å². The van der Waals surface area contributed by atoms with Crippen molar-refractivity contribution in [3.8, 4) is 5.88 Å². The lowest BCUT2D eigenvalue weighted by Crippen LogP contribution is -2.25. The number of aromatic amines is 1. The van der Waals surface area contributed by atoms with Gasteiger partial charge in [-0.15, -0.1) is 0 Å². The third kappa shape index (κ3) is 3.37. The van der Waals surface area contributed by atoms with E-state index in [1.54, 1.807) is 30.3 Å². The summed E-state index contributed by atoms with van der Waals surface area (Å²) in [5.41, 5.74) is 1.16. The Hall–Kier alpha value is -2.87. The molecular formula is C20H14Cl2FN3O3. The van der Waals surface area contributed by atoms with E-state index >= 15 is 0 Å². The maximum absolute atomic E-state index is 14.1. The summed E-state index contributed by atoms with van der Waals surface area (Å²) in [7, 11) is 0. The normalized spacial score (nSPS) is 15.1. The van der Waals surface area contributed by atoms with Gasteiger partial charge in [0.05, 0.1) is 17.7 Å². The minimum Gasteiger partial charge on any atom is -0.493 e. The Morgan fingerprint density at radius 1 is 1.21 bits per heavy atom. The van der Waals surface area contributed by atoms with Gasteiger partial charge in [0.15, 0.2) is 5.82 Å². The van der Waals surface area contributed by atoms with Crippen molar-refractivity contribution in [1.82, 2.24) is 9.55 Å². The third-order valence-electron chi connectivity index (χ3n) is 4.68. The molecule has 1 atom stereocenters. The fourth-order valence-electron chi connectivity index (χ4n) is 3.24. The van der Waals surface area contributed by atoms with Crippen LogP contribution in [0.5, 0.6) is 5.88 Å².